The maximum absolute atomic E-state index is 13.1. The molecule has 222 valence electrons. The zero-order valence-corrected chi connectivity index (χ0v) is 25.7. The van der Waals surface area contributed by atoms with E-state index in [9.17, 15) is 14.7 Å². The van der Waals surface area contributed by atoms with Crippen molar-refractivity contribution in [3.05, 3.63) is 0 Å². The molecule has 0 aromatic rings. The Kier molecular flexibility index (Phi) is 19.9. The molecule has 2 amide bonds. The van der Waals surface area contributed by atoms with Crippen molar-refractivity contribution < 1.29 is 14.7 Å². The lowest BCUT2D eigenvalue weighted by atomic mass is 10.0. The van der Waals surface area contributed by atoms with Crippen molar-refractivity contribution in [2.24, 2.45) is 10.9 Å². The van der Waals surface area contributed by atoms with E-state index >= 15 is 0 Å². The number of amides is 2. The molecule has 4 N–H and O–H groups in total. The summed E-state index contributed by atoms with van der Waals surface area (Å²) in [7, 11) is 0. The highest BCUT2D eigenvalue weighted by Gasteiger charge is 2.27. The van der Waals surface area contributed by atoms with Crippen molar-refractivity contribution >= 4 is 30.2 Å². The van der Waals surface area contributed by atoms with Crippen molar-refractivity contribution in [1.82, 2.24) is 16.0 Å². The summed E-state index contributed by atoms with van der Waals surface area (Å²) in [5.41, 5.74) is 0.998. The summed E-state index contributed by atoms with van der Waals surface area (Å²) >= 11 is 4.39. The molecule has 1 heterocycles. The molecule has 0 saturated carbocycles. The quantitative estimate of drug-likeness (QED) is 0.0616. The fraction of sp³-hybridized carbons (Fsp3) is 0.900. The molecule has 0 aliphatic carbocycles. The number of aliphatic hydroxyl groups excluding tert-OH is 1. The van der Waals surface area contributed by atoms with Gasteiger partial charge in [0.05, 0.1) is 11.4 Å². The van der Waals surface area contributed by atoms with E-state index in [-0.39, 0.29) is 23.1 Å². The van der Waals surface area contributed by atoms with E-state index in [0.29, 0.717) is 12.8 Å². The highest BCUT2D eigenvalue weighted by Crippen LogP contribution is 2.14. The number of rotatable bonds is 23. The van der Waals surface area contributed by atoms with E-state index in [0.717, 1.165) is 37.9 Å². The number of hydrogen-bond acceptors (Lipinski definition) is 6. The molecule has 7 nitrogen and oxygen atoms in total. The van der Waals surface area contributed by atoms with Crippen molar-refractivity contribution in [1.29, 1.82) is 0 Å². The van der Waals surface area contributed by atoms with Gasteiger partial charge in [-0.1, -0.05) is 97.8 Å². The van der Waals surface area contributed by atoms with Crippen LogP contribution in [-0.2, 0) is 9.59 Å². The number of aliphatic imine (C=N–C) groups is 1. The molecule has 1 rings (SSSR count). The van der Waals surface area contributed by atoms with Gasteiger partial charge in [0.15, 0.2) is 0 Å². The van der Waals surface area contributed by atoms with Crippen LogP contribution in [0.1, 0.15) is 137 Å². The number of carbonyl (C=O) groups excluding carboxylic acids is 2. The fourth-order valence-electron chi connectivity index (χ4n) is 4.72. The summed E-state index contributed by atoms with van der Waals surface area (Å²) in [6.07, 6.45) is 18.9. The smallest absolute Gasteiger partial charge is 0.243 e. The Morgan fingerprint density at radius 1 is 0.868 bits per heavy atom. The zero-order valence-electron chi connectivity index (χ0n) is 24.8. The molecular formula is C30H58N4O3S. The first-order valence-electron chi connectivity index (χ1n) is 15.5. The summed E-state index contributed by atoms with van der Waals surface area (Å²) < 4.78 is 0. The number of aliphatic hydroxyl groups is 1. The standard InChI is InChI=1S/C30H58N4O3S/c1-5-6-7-8-9-10-11-12-13-14-15-16-17-20-27(35)33-26(22-25-19-18-21-31-25)29(37)32-24(4)28(36)34-30(38)23(2)3/h23-24,26-27,30,33,35,38H,5-22H2,1-4H3,(H,32,37)(H,34,36). The number of nitrogens with one attached hydrogen (secondary N) is 3. The maximum Gasteiger partial charge on any atom is 0.243 e. The van der Waals surface area contributed by atoms with Crippen LogP contribution < -0.4 is 16.0 Å². The summed E-state index contributed by atoms with van der Waals surface area (Å²) in [6, 6.07) is -1.31. The van der Waals surface area contributed by atoms with Crippen LogP contribution in [0.4, 0.5) is 0 Å². The Labute approximate surface area is 238 Å². The second-order valence-corrected chi connectivity index (χ2v) is 12.0. The molecule has 0 saturated heterocycles. The molecule has 0 fully saturated rings. The van der Waals surface area contributed by atoms with Crippen LogP contribution in [0.25, 0.3) is 0 Å². The highest BCUT2D eigenvalue weighted by molar-refractivity contribution is 7.80. The molecule has 8 heteroatoms. The van der Waals surface area contributed by atoms with Gasteiger partial charge in [-0.3, -0.25) is 19.9 Å². The molecule has 1 aliphatic heterocycles. The van der Waals surface area contributed by atoms with Crippen LogP contribution in [0.15, 0.2) is 4.99 Å². The predicted molar refractivity (Wildman–Crippen MR) is 163 cm³/mol. The third-order valence-electron chi connectivity index (χ3n) is 7.36. The van der Waals surface area contributed by atoms with Gasteiger partial charge in [-0.25, -0.2) is 0 Å². The van der Waals surface area contributed by atoms with Crippen LogP contribution >= 0.6 is 12.6 Å². The Balaban J connectivity index is 2.32. The van der Waals surface area contributed by atoms with Gasteiger partial charge in [0.25, 0.3) is 0 Å². The molecular weight excluding hydrogens is 496 g/mol. The van der Waals surface area contributed by atoms with Crippen LogP contribution in [-0.4, -0.2) is 52.9 Å². The average molecular weight is 555 g/mol. The van der Waals surface area contributed by atoms with Gasteiger partial charge in [0, 0.05) is 18.7 Å². The van der Waals surface area contributed by atoms with E-state index in [1.165, 1.54) is 70.6 Å². The van der Waals surface area contributed by atoms with Gasteiger partial charge in [-0.2, -0.15) is 12.6 Å². The second-order valence-electron chi connectivity index (χ2n) is 11.4. The molecule has 0 aromatic heterocycles. The topological polar surface area (TPSA) is 103 Å². The van der Waals surface area contributed by atoms with Crippen molar-refractivity contribution in [2.75, 3.05) is 6.54 Å². The number of nitrogens with zero attached hydrogens (tertiary/aromatic N) is 1. The van der Waals surface area contributed by atoms with Crippen LogP contribution in [0.5, 0.6) is 0 Å². The molecule has 4 atom stereocenters. The van der Waals surface area contributed by atoms with Crippen molar-refractivity contribution in [3.8, 4) is 0 Å². The molecule has 4 unspecified atom stereocenters. The number of carbonyl (C=O) groups is 2. The summed E-state index contributed by atoms with van der Waals surface area (Å²) in [5, 5.41) is 19.1. The summed E-state index contributed by atoms with van der Waals surface area (Å²) in [6.45, 7) is 8.67. The minimum absolute atomic E-state index is 0.181. The minimum Gasteiger partial charge on any atom is -0.379 e. The molecule has 0 bridgehead atoms. The SMILES string of the molecule is CCCCCCCCCCCCCCCC(O)NC(CC1=NCCC1)C(=O)NC(C)C(=O)NC(S)C(C)C. The van der Waals surface area contributed by atoms with Crippen molar-refractivity contribution in [2.45, 2.75) is 161 Å². The molecule has 0 radical (unpaired) electrons. The van der Waals surface area contributed by atoms with Crippen LogP contribution in [0, 0.1) is 5.92 Å². The van der Waals surface area contributed by atoms with Gasteiger partial charge >= 0.3 is 0 Å². The highest BCUT2D eigenvalue weighted by atomic mass is 32.1. The predicted octanol–water partition coefficient (Wildman–Crippen LogP) is 5.90. The Morgan fingerprint density at radius 3 is 1.92 bits per heavy atom. The Bertz CT molecular complexity index is 674. The maximum atomic E-state index is 13.1. The van der Waals surface area contributed by atoms with Gasteiger partial charge in [-0.15, -0.1) is 0 Å². The fourth-order valence-corrected chi connectivity index (χ4v) is 4.84. The van der Waals surface area contributed by atoms with E-state index in [2.05, 4.69) is 40.5 Å². The summed E-state index contributed by atoms with van der Waals surface area (Å²) in [4.78, 5) is 30.0. The normalized spacial score (nSPS) is 16.7. The van der Waals surface area contributed by atoms with Gasteiger partial charge in [0.1, 0.15) is 12.3 Å². The first-order chi connectivity index (χ1) is 18.2. The zero-order chi connectivity index (χ0) is 28.2. The Hall–Kier alpha value is -1.12. The third-order valence-corrected chi connectivity index (χ3v) is 8.09. The van der Waals surface area contributed by atoms with Crippen LogP contribution in [0.3, 0.4) is 0 Å². The monoisotopic (exact) mass is 554 g/mol. The van der Waals surface area contributed by atoms with E-state index in [1.807, 2.05) is 13.8 Å². The van der Waals surface area contributed by atoms with Crippen molar-refractivity contribution in [3.63, 3.8) is 0 Å². The van der Waals surface area contributed by atoms with Gasteiger partial charge in [0.2, 0.25) is 11.8 Å². The number of unbranched alkanes of at least 4 members (excludes halogenated alkanes) is 12. The second kappa shape index (κ2) is 21.7. The third kappa shape index (κ3) is 16.8. The lowest BCUT2D eigenvalue weighted by molar-refractivity contribution is -0.130. The number of hydrogen-bond donors (Lipinski definition) is 5. The average Bonchev–Trinajstić information content (AvgIpc) is 3.39. The van der Waals surface area contributed by atoms with E-state index in [4.69, 9.17) is 0 Å². The number of thiol groups is 1. The molecule has 0 aromatic carbocycles. The van der Waals surface area contributed by atoms with Gasteiger partial charge < -0.3 is 15.7 Å². The van der Waals surface area contributed by atoms with Crippen LogP contribution in [0.2, 0.25) is 0 Å². The van der Waals surface area contributed by atoms with Gasteiger partial charge in [-0.05, 0) is 38.5 Å². The molecule has 38 heavy (non-hydrogen) atoms. The lowest BCUT2D eigenvalue weighted by Gasteiger charge is -2.25. The molecule has 0 spiro atoms. The van der Waals surface area contributed by atoms with E-state index in [1.54, 1.807) is 6.92 Å². The largest absolute Gasteiger partial charge is 0.379 e. The minimum atomic E-state index is -0.757. The molecule has 1 aliphatic rings. The lowest BCUT2D eigenvalue weighted by Crippen LogP contribution is -2.54. The van der Waals surface area contributed by atoms with E-state index < -0.39 is 18.3 Å². The summed E-state index contributed by atoms with van der Waals surface area (Å²) in [5.74, 6) is -0.372. The Morgan fingerprint density at radius 2 is 1.42 bits per heavy atom. The first kappa shape index (κ1) is 34.9. The first-order valence-corrected chi connectivity index (χ1v) is 16.0.